The maximum atomic E-state index is 11.8. The molecule has 0 aliphatic carbocycles. The maximum Gasteiger partial charge on any atom is 0.321 e. The number of rotatable bonds is 2. The Morgan fingerprint density at radius 2 is 2.18 bits per heavy atom. The number of carbonyl (C=O) groups excluding carboxylic acids is 1. The lowest BCUT2D eigenvalue weighted by atomic mass is 10.1. The summed E-state index contributed by atoms with van der Waals surface area (Å²) in [6, 6.07) is 7.96. The predicted molar refractivity (Wildman–Crippen MR) is 84.8 cm³/mol. The van der Waals surface area contributed by atoms with Crippen LogP contribution < -0.4 is 10.2 Å². The van der Waals surface area contributed by atoms with Gasteiger partial charge in [-0.15, -0.1) is 0 Å². The zero-order valence-electron chi connectivity index (χ0n) is 12.1. The number of nitrogens with zero attached hydrogens (tertiary/aromatic N) is 3. The molecule has 3 heterocycles. The second kappa shape index (κ2) is 4.84. The Morgan fingerprint density at radius 3 is 2.91 bits per heavy atom. The van der Waals surface area contributed by atoms with Crippen molar-refractivity contribution in [3.05, 3.63) is 42.2 Å². The standard InChI is InChI=1S/C16H15N5O/c1-10-6-14(11-8-18-19-9-11)20-15-7-12(2-3-13(10)15)21-5-4-17-16(21)22/h2-3,6-9H,4-5H2,1H3,(H,17,22)(H,18,19). The minimum Gasteiger partial charge on any atom is -0.336 e. The molecule has 0 bridgehead atoms. The number of anilines is 1. The van der Waals surface area contributed by atoms with Crippen LogP contribution in [0.15, 0.2) is 36.7 Å². The monoisotopic (exact) mass is 293 g/mol. The molecule has 1 aliphatic rings. The summed E-state index contributed by atoms with van der Waals surface area (Å²) in [6.07, 6.45) is 3.58. The van der Waals surface area contributed by atoms with Crippen LogP contribution in [0, 0.1) is 6.92 Å². The van der Waals surface area contributed by atoms with E-state index in [0.717, 1.165) is 33.4 Å². The molecule has 0 spiro atoms. The second-order valence-corrected chi connectivity index (χ2v) is 5.40. The Morgan fingerprint density at radius 1 is 1.27 bits per heavy atom. The summed E-state index contributed by atoms with van der Waals surface area (Å²) in [5, 5.41) is 10.7. The van der Waals surface area contributed by atoms with Crippen molar-refractivity contribution in [3.63, 3.8) is 0 Å². The first-order valence-corrected chi connectivity index (χ1v) is 7.18. The molecular weight excluding hydrogens is 278 g/mol. The molecule has 6 nitrogen and oxygen atoms in total. The first-order valence-electron chi connectivity index (χ1n) is 7.18. The third kappa shape index (κ3) is 2.00. The van der Waals surface area contributed by atoms with Gasteiger partial charge in [-0.25, -0.2) is 9.78 Å². The van der Waals surface area contributed by atoms with Gasteiger partial charge in [0.05, 0.1) is 17.4 Å². The van der Waals surface area contributed by atoms with E-state index in [1.54, 1.807) is 11.1 Å². The van der Waals surface area contributed by atoms with E-state index in [2.05, 4.69) is 28.5 Å². The van der Waals surface area contributed by atoms with Gasteiger partial charge in [0.2, 0.25) is 0 Å². The first-order chi connectivity index (χ1) is 10.7. The molecule has 0 saturated carbocycles. The lowest BCUT2D eigenvalue weighted by molar-refractivity contribution is 0.252. The number of H-pyrrole nitrogens is 1. The highest BCUT2D eigenvalue weighted by Gasteiger charge is 2.21. The average Bonchev–Trinajstić information content (AvgIpc) is 3.17. The summed E-state index contributed by atoms with van der Waals surface area (Å²) >= 11 is 0. The largest absolute Gasteiger partial charge is 0.336 e. The zero-order chi connectivity index (χ0) is 15.1. The Labute approximate surface area is 127 Å². The predicted octanol–water partition coefficient (Wildman–Crippen LogP) is 2.46. The van der Waals surface area contributed by atoms with Gasteiger partial charge >= 0.3 is 6.03 Å². The number of fused-ring (bicyclic) bond motifs is 1. The minimum absolute atomic E-state index is 0.0536. The van der Waals surface area contributed by atoms with Gasteiger partial charge in [-0.2, -0.15) is 5.10 Å². The van der Waals surface area contributed by atoms with Gasteiger partial charge in [-0.3, -0.25) is 10.00 Å². The van der Waals surface area contributed by atoms with E-state index in [0.29, 0.717) is 13.1 Å². The molecule has 22 heavy (non-hydrogen) atoms. The molecule has 1 fully saturated rings. The third-order valence-electron chi connectivity index (χ3n) is 3.96. The highest BCUT2D eigenvalue weighted by Crippen LogP contribution is 2.27. The van der Waals surface area contributed by atoms with Crippen LogP contribution in [0.25, 0.3) is 22.2 Å². The van der Waals surface area contributed by atoms with Crippen molar-refractivity contribution >= 4 is 22.6 Å². The fourth-order valence-corrected chi connectivity index (χ4v) is 2.82. The molecule has 3 aromatic rings. The van der Waals surface area contributed by atoms with Gasteiger partial charge in [-0.05, 0) is 30.7 Å². The van der Waals surface area contributed by atoms with Crippen molar-refractivity contribution in [2.24, 2.45) is 0 Å². The van der Waals surface area contributed by atoms with Crippen LogP contribution >= 0.6 is 0 Å². The van der Waals surface area contributed by atoms with Gasteiger partial charge in [-0.1, -0.05) is 6.07 Å². The molecule has 0 atom stereocenters. The molecule has 1 aromatic carbocycles. The smallest absolute Gasteiger partial charge is 0.321 e. The molecule has 1 aliphatic heterocycles. The van der Waals surface area contributed by atoms with Crippen LogP contribution in [0.4, 0.5) is 10.5 Å². The number of aryl methyl sites for hydroxylation is 1. The minimum atomic E-state index is -0.0536. The number of carbonyl (C=O) groups is 1. The van der Waals surface area contributed by atoms with Crippen LogP contribution in [-0.4, -0.2) is 34.3 Å². The van der Waals surface area contributed by atoms with E-state index in [4.69, 9.17) is 4.98 Å². The third-order valence-corrected chi connectivity index (χ3v) is 3.96. The number of hydrogen-bond donors (Lipinski definition) is 2. The molecule has 2 amide bonds. The average molecular weight is 293 g/mol. The van der Waals surface area contributed by atoms with Gasteiger partial charge in [0.1, 0.15) is 0 Å². The highest BCUT2D eigenvalue weighted by atomic mass is 16.2. The summed E-state index contributed by atoms with van der Waals surface area (Å²) in [5.41, 5.74) is 4.74. The van der Waals surface area contributed by atoms with Crippen LogP contribution in [0.3, 0.4) is 0 Å². The van der Waals surface area contributed by atoms with Crippen molar-refractivity contribution < 1.29 is 4.79 Å². The molecular formula is C16H15N5O. The first kappa shape index (κ1) is 12.8. The summed E-state index contributed by atoms with van der Waals surface area (Å²) in [4.78, 5) is 18.3. The van der Waals surface area contributed by atoms with E-state index in [1.165, 1.54) is 0 Å². The van der Waals surface area contributed by atoms with E-state index < -0.39 is 0 Å². The number of aromatic nitrogens is 3. The normalized spacial score (nSPS) is 14.6. The summed E-state index contributed by atoms with van der Waals surface area (Å²) < 4.78 is 0. The van der Waals surface area contributed by atoms with Crippen molar-refractivity contribution in [1.82, 2.24) is 20.5 Å². The van der Waals surface area contributed by atoms with Gasteiger partial charge in [0, 0.05) is 35.9 Å². The highest BCUT2D eigenvalue weighted by molar-refractivity contribution is 5.97. The number of aromatic amines is 1. The lowest BCUT2D eigenvalue weighted by Gasteiger charge is -2.15. The molecule has 110 valence electrons. The SMILES string of the molecule is Cc1cc(-c2cn[nH]c2)nc2cc(N3CCNC3=O)ccc12. The van der Waals surface area contributed by atoms with E-state index in [1.807, 2.05) is 24.4 Å². The van der Waals surface area contributed by atoms with Gasteiger partial charge < -0.3 is 5.32 Å². The topological polar surface area (TPSA) is 73.9 Å². The fraction of sp³-hybridized carbons (Fsp3) is 0.188. The number of nitrogens with one attached hydrogen (secondary N) is 2. The Kier molecular flexibility index (Phi) is 2.82. The Balaban J connectivity index is 1.85. The zero-order valence-corrected chi connectivity index (χ0v) is 12.1. The number of amides is 2. The summed E-state index contributed by atoms with van der Waals surface area (Å²) in [6.45, 7) is 3.43. The molecule has 4 rings (SSSR count). The Bertz CT molecular complexity index is 856. The number of pyridine rings is 1. The van der Waals surface area contributed by atoms with Crippen molar-refractivity contribution in [2.75, 3.05) is 18.0 Å². The number of urea groups is 1. The van der Waals surface area contributed by atoms with Crippen LogP contribution in [0.1, 0.15) is 5.56 Å². The van der Waals surface area contributed by atoms with Crippen molar-refractivity contribution in [3.8, 4) is 11.3 Å². The van der Waals surface area contributed by atoms with Gasteiger partial charge in [0.25, 0.3) is 0 Å². The van der Waals surface area contributed by atoms with Gasteiger partial charge in [0.15, 0.2) is 0 Å². The van der Waals surface area contributed by atoms with Crippen molar-refractivity contribution in [2.45, 2.75) is 6.92 Å². The van der Waals surface area contributed by atoms with E-state index >= 15 is 0 Å². The second-order valence-electron chi connectivity index (χ2n) is 5.40. The lowest BCUT2D eigenvalue weighted by Crippen LogP contribution is -2.27. The van der Waals surface area contributed by atoms with E-state index in [9.17, 15) is 4.79 Å². The van der Waals surface area contributed by atoms with Crippen LogP contribution in [0.2, 0.25) is 0 Å². The quantitative estimate of drug-likeness (QED) is 0.762. The summed E-state index contributed by atoms with van der Waals surface area (Å²) in [7, 11) is 0. The Hall–Kier alpha value is -2.89. The number of hydrogen-bond acceptors (Lipinski definition) is 3. The molecule has 0 unspecified atom stereocenters. The van der Waals surface area contributed by atoms with Crippen LogP contribution in [0.5, 0.6) is 0 Å². The molecule has 2 N–H and O–H groups in total. The van der Waals surface area contributed by atoms with E-state index in [-0.39, 0.29) is 6.03 Å². The molecule has 6 heteroatoms. The fourth-order valence-electron chi connectivity index (χ4n) is 2.82. The number of benzene rings is 1. The molecule has 0 radical (unpaired) electrons. The summed E-state index contributed by atoms with van der Waals surface area (Å²) in [5.74, 6) is 0. The molecule has 2 aromatic heterocycles. The maximum absolute atomic E-state index is 11.8. The van der Waals surface area contributed by atoms with Crippen LogP contribution in [-0.2, 0) is 0 Å². The molecule has 1 saturated heterocycles. The van der Waals surface area contributed by atoms with Crippen molar-refractivity contribution in [1.29, 1.82) is 0 Å².